The topological polar surface area (TPSA) is 6.48 Å². The second kappa shape index (κ2) is 9.92. The summed E-state index contributed by atoms with van der Waals surface area (Å²) in [5.74, 6) is 0. The second-order valence-corrected chi connectivity index (χ2v) is 12.4. The van der Waals surface area contributed by atoms with Crippen molar-refractivity contribution in [2.24, 2.45) is 0 Å². The molecule has 0 bridgehead atoms. The van der Waals surface area contributed by atoms with Crippen LogP contribution < -0.4 is 9.34 Å². The summed E-state index contributed by atoms with van der Waals surface area (Å²) < 4.78 is 5.04. The fourth-order valence-electron chi connectivity index (χ4n) is 6.03. The summed E-state index contributed by atoms with van der Waals surface area (Å²) in [6.45, 7) is 13.2. The van der Waals surface area contributed by atoms with Gasteiger partial charge in [-0.05, 0) is 86.2 Å². The minimum absolute atomic E-state index is 0.0671. The molecule has 1 saturated heterocycles. The molecule has 3 atom stereocenters. The van der Waals surface area contributed by atoms with Crippen LogP contribution in [0.15, 0.2) is 84.9 Å². The standard InChI is InChI=1S/C32H34ClN2P/c1-21-17-23(3)29(24(4)18-21)34-31(27-13-9-7-10-14-27)32(28-15-11-8-12-16-28)35(36(34)33)30-25(5)19-22(2)20-26(30)6/h7-20,31-32H,1-6H3/t31-,32?,36?/m1/s1. The first-order valence-corrected chi connectivity index (χ1v) is 14.7. The summed E-state index contributed by atoms with van der Waals surface area (Å²) in [6, 6.07) is 31.1. The van der Waals surface area contributed by atoms with Gasteiger partial charge in [0.15, 0.2) is 7.58 Å². The third-order valence-corrected chi connectivity index (χ3v) is 9.78. The van der Waals surface area contributed by atoms with Crippen LogP contribution in [0.4, 0.5) is 11.4 Å². The lowest BCUT2D eigenvalue weighted by Gasteiger charge is -2.32. The van der Waals surface area contributed by atoms with E-state index < -0.39 is 7.58 Å². The SMILES string of the molecule is Cc1cc(C)c(N2C(c3ccccc3)[C@@H](c3ccccc3)N(c3c(C)cc(C)cc3C)P2Cl)c(C)c1. The molecule has 2 unspecified atom stereocenters. The predicted octanol–water partition coefficient (Wildman–Crippen LogP) is 9.81. The van der Waals surface area contributed by atoms with Crippen LogP contribution in [0.3, 0.4) is 0 Å². The molecule has 5 rings (SSSR count). The third-order valence-electron chi connectivity index (χ3n) is 7.19. The molecule has 0 radical (unpaired) electrons. The van der Waals surface area contributed by atoms with E-state index in [-0.39, 0.29) is 12.1 Å². The van der Waals surface area contributed by atoms with Gasteiger partial charge in [-0.2, -0.15) is 0 Å². The largest absolute Gasteiger partial charge is 0.311 e. The van der Waals surface area contributed by atoms with Crippen LogP contribution in [0.1, 0.15) is 56.6 Å². The Hall–Kier alpha value is -2.80. The predicted molar refractivity (Wildman–Crippen MR) is 157 cm³/mol. The summed E-state index contributed by atoms with van der Waals surface area (Å²) >= 11 is 7.69. The zero-order valence-corrected chi connectivity index (χ0v) is 23.6. The number of rotatable bonds is 4. The van der Waals surface area contributed by atoms with Crippen LogP contribution in [-0.2, 0) is 0 Å². The quantitative estimate of drug-likeness (QED) is 0.251. The van der Waals surface area contributed by atoms with Gasteiger partial charge in [0.05, 0.1) is 12.1 Å². The summed E-state index contributed by atoms with van der Waals surface area (Å²) in [5.41, 5.74) is 12.7. The monoisotopic (exact) mass is 512 g/mol. The van der Waals surface area contributed by atoms with Crippen LogP contribution in [0.5, 0.6) is 0 Å². The molecular weight excluding hydrogens is 479 g/mol. The van der Waals surface area contributed by atoms with Crippen molar-refractivity contribution >= 4 is 30.2 Å². The van der Waals surface area contributed by atoms with Gasteiger partial charge in [-0.3, -0.25) is 0 Å². The van der Waals surface area contributed by atoms with Gasteiger partial charge in [0.25, 0.3) is 0 Å². The molecule has 1 fully saturated rings. The highest BCUT2D eigenvalue weighted by molar-refractivity contribution is 7.86. The Kier molecular flexibility index (Phi) is 6.86. The van der Waals surface area contributed by atoms with Crippen molar-refractivity contribution in [2.45, 2.75) is 53.6 Å². The third kappa shape index (κ3) is 4.32. The van der Waals surface area contributed by atoms with Gasteiger partial charge >= 0.3 is 0 Å². The maximum Gasteiger partial charge on any atom is 0.198 e. The number of aryl methyl sites for hydroxylation is 6. The zero-order chi connectivity index (χ0) is 25.6. The van der Waals surface area contributed by atoms with Crippen molar-refractivity contribution in [1.29, 1.82) is 0 Å². The van der Waals surface area contributed by atoms with E-state index in [1.807, 2.05) is 0 Å². The summed E-state index contributed by atoms with van der Waals surface area (Å²) in [4.78, 5) is 0. The normalized spacial score (nSPS) is 19.7. The Bertz CT molecular complexity index is 1230. The molecule has 4 aromatic carbocycles. The minimum atomic E-state index is -1.22. The van der Waals surface area contributed by atoms with Gasteiger partial charge in [-0.1, -0.05) is 96.1 Å². The van der Waals surface area contributed by atoms with Crippen molar-refractivity contribution in [2.75, 3.05) is 9.34 Å². The lowest BCUT2D eigenvalue weighted by molar-refractivity contribution is 0.616. The van der Waals surface area contributed by atoms with Crippen LogP contribution in [0.2, 0.25) is 0 Å². The summed E-state index contributed by atoms with van der Waals surface area (Å²) in [7, 11) is -1.22. The van der Waals surface area contributed by atoms with E-state index >= 15 is 0 Å². The molecule has 1 aliphatic rings. The molecule has 0 aromatic heterocycles. The average molecular weight is 513 g/mol. The Morgan fingerprint density at radius 1 is 0.528 bits per heavy atom. The fourth-order valence-corrected chi connectivity index (χ4v) is 9.15. The van der Waals surface area contributed by atoms with Crippen molar-refractivity contribution < 1.29 is 0 Å². The Labute approximate surface area is 222 Å². The van der Waals surface area contributed by atoms with Gasteiger partial charge < -0.3 is 9.34 Å². The molecule has 184 valence electrons. The molecule has 2 nitrogen and oxygen atoms in total. The Morgan fingerprint density at radius 2 is 0.833 bits per heavy atom. The molecular formula is C32H34ClN2P. The van der Waals surface area contributed by atoms with E-state index in [2.05, 4.69) is 136 Å². The van der Waals surface area contributed by atoms with E-state index in [9.17, 15) is 0 Å². The van der Waals surface area contributed by atoms with E-state index in [1.54, 1.807) is 0 Å². The second-order valence-electron chi connectivity index (χ2n) is 10.1. The number of hydrogen-bond donors (Lipinski definition) is 0. The first kappa shape index (κ1) is 24.9. The Balaban J connectivity index is 1.82. The highest BCUT2D eigenvalue weighted by Gasteiger charge is 2.50. The van der Waals surface area contributed by atoms with Crippen LogP contribution in [0.25, 0.3) is 0 Å². The smallest absolute Gasteiger partial charge is 0.198 e. The van der Waals surface area contributed by atoms with Gasteiger partial charge in [-0.15, -0.1) is 0 Å². The lowest BCUT2D eigenvalue weighted by atomic mass is 9.91. The van der Waals surface area contributed by atoms with E-state index in [4.69, 9.17) is 11.2 Å². The number of nitrogens with zero attached hydrogens (tertiary/aromatic N) is 2. The van der Waals surface area contributed by atoms with Crippen LogP contribution in [-0.4, -0.2) is 0 Å². The minimum Gasteiger partial charge on any atom is -0.311 e. The molecule has 0 N–H and O–H groups in total. The molecule has 0 saturated carbocycles. The van der Waals surface area contributed by atoms with Crippen molar-refractivity contribution in [3.8, 4) is 0 Å². The number of anilines is 2. The van der Waals surface area contributed by atoms with Crippen LogP contribution >= 0.6 is 18.8 Å². The maximum absolute atomic E-state index is 7.69. The maximum atomic E-state index is 7.69. The zero-order valence-electron chi connectivity index (χ0n) is 22.0. The highest BCUT2D eigenvalue weighted by Crippen LogP contribution is 2.70. The lowest BCUT2D eigenvalue weighted by Crippen LogP contribution is -2.25. The molecule has 1 aliphatic heterocycles. The van der Waals surface area contributed by atoms with Crippen molar-refractivity contribution in [3.05, 3.63) is 129 Å². The number of benzene rings is 4. The summed E-state index contributed by atoms with van der Waals surface area (Å²) in [6.07, 6.45) is 0. The van der Waals surface area contributed by atoms with Gasteiger partial charge in [0, 0.05) is 11.4 Å². The number of halogens is 1. The van der Waals surface area contributed by atoms with Crippen molar-refractivity contribution in [1.82, 2.24) is 0 Å². The molecule has 4 aromatic rings. The average Bonchev–Trinajstić information content (AvgIpc) is 3.11. The highest BCUT2D eigenvalue weighted by atomic mass is 35.7. The van der Waals surface area contributed by atoms with E-state index in [0.717, 1.165) is 0 Å². The van der Waals surface area contributed by atoms with Crippen LogP contribution in [0, 0.1) is 41.5 Å². The molecule has 1 heterocycles. The van der Waals surface area contributed by atoms with E-state index in [0.29, 0.717) is 0 Å². The van der Waals surface area contributed by atoms with Gasteiger partial charge in [0.2, 0.25) is 0 Å². The van der Waals surface area contributed by atoms with Gasteiger partial charge in [-0.25, -0.2) is 0 Å². The summed E-state index contributed by atoms with van der Waals surface area (Å²) in [5, 5.41) is 0. The number of hydrogen-bond acceptors (Lipinski definition) is 2. The molecule has 36 heavy (non-hydrogen) atoms. The first-order valence-electron chi connectivity index (χ1n) is 12.6. The fraction of sp³-hybridized carbons (Fsp3) is 0.250. The molecule has 0 spiro atoms. The molecule has 0 aliphatic carbocycles. The first-order chi connectivity index (χ1) is 17.3. The van der Waals surface area contributed by atoms with Crippen molar-refractivity contribution in [3.63, 3.8) is 0 Å². The Morgan fingerprint density at radius 3 is 1.14 bits per heavy atom. The van der Waals surface area contributed by atoms with E-state index in [1.165, 1.54) is 55.9 Å². The molecule has 4 heteroatoms. The van der Waals surface area contributed by atoms with Gasteiger partial charge in [0.1, 0.15) is 0 Å². The molecule has 0 amide bonds.